The third-order valence-corrected chi connectivity index (χ3v) is 8.77. The van der Waals surface area contributed by atoms with Gasteiger partial charge in [0.1, 0.15) is 35.9 Å². The fourth-order valence-corrected chi connectivity index (χ4v) is 6.63. The lowest BCUT2D eigenvalue weighted by Gasteiger charge is -2.25. The van der Waals surface area contributed by atoms with Crippen LogP contribution in [-0.4, -0.2) is 94.5 Å². The van der Waals surface area contributed by atoms with Gasteiger partial charge in [0.05, 0.1) is 5.56 Å². The van der Waals surface area contributed by atoms with E-state index in [2.05, 4.69) is 46.1 Å². The number of aromatic hydroxyl groups is 1. The van der Waals surface area contributed by atoms with Crippen molar-refractivity contribution in [1.82, 2.24) is 14.8 Å². The SMILES string of the molecule is C=Nc1c(/C(=N\CO)N2CCCC(N)CC2)cnc(-c2cc(O)cc3ccccc23)c1F.CS.C[C@@]12CCCN1CC(F)C2. The van der Waals surface area contributed by atoms with Gasteiger partial charge in [-0.25, -0.2) is 13.8 Å². The molecule has 4 N–H and O–H groups in total. The van der Waals surface area contributed by atoms with Gasteiger partial charge in [-0.3, -0.25) is 14.9 Å². The molecule has 0 aliphatic carbocycles. The summed E-state index contributed by atoms with van der Waals surface area (Å²) in [5.41, 5.74) is 7.20. The van der Waals surface area contributed by atoms with Gasteiger partial charge < -0.3 is 20.8 Å². The van der Waals surface area contributed by atoms with E-state index in [1.54, 1.807) is 12.3 Å². The van der Waals surface area contributed by atoms with E-state index >= 15 is 4.39 Å². The highest BCUT2D eigenvalue weighted by Crippen LogP contribution is 2.39. The largest absolute Gasteiger partial charge is 0.508 e. The molecule has 6 rings (SSSR count). The highest BCUT2D eigenvalue weighted by molar-refractivity contribution is 7.79. The van der Waals surface area contributed by atoms with Crippen molar-refractivity contribution in [2.24, 2.45) is 15.7 Å². The number of halogens is 2. The zero-order valence-electron chi connectivity index (χ0n) is 25.6. The van der Waals surface area contributed by atoms with Crippen LogP contribution in [0.1, 0.15) is 51.0 Å². The summed E-state index contributed by atoms with van der Waals surface area (Å²) >= 11 is 3.53. The molecular formula is C33H44F2N6O2S. The van der Waals surface area contributed by atoms with E-state index in [9.17, 15) is 14.6 Å². The lowest BCUT2D eigenvalue weighted by atomic mass is 9.97. The number of benzene rings is 2. The molecule has 3 aromatic rings. The monoisotopic (exact) mass is 626 g/mol. The number of phenolic OH excluding ortho intramolecular Hbond substituents is 1. The molecule has 11 heteroatoms. The number of nitrogens with two attached hydrogens (primary N) is 1. The van der Waals surface area contributed by atoms with Crippen molar-refractivity contribution in [2.45, 2.75) is 63.2 Å². The Morgan fingerprint density at radius 3 is 2.68 bits per heavy atom. The number of nitrogens with zero attached hydrogens (tertiary/aromatic N) is 5. The average Bonchev–Trinajstić information content (AvgIpc) is 3.40. The minimum atomic E-state index is -0.662. The molecule has 0 radical (unpaired) electrons. The Bertz CT molecular complexity index is 1470. The summed E-state index contributed by atoms with van der Waals surface area (Å²) in [6.45, 7) is 8.44. The second kappa shape index (κ2) is 15.2. The number of phenols is 1. The first-order chi connectivity index (χ1) is 21.2. The van der Waals surface area contributed by atoms with Crippen molar-refractivity contribution < 1.29 is 19.0 Å². The third-order valence-electron chi connectivity index (χ3n) is 8.77. The van der Waals surface area contributed by atoms with Crippen LogP contribution in [0.2, 0.25) is 0 Å². The summed E-state index contributed by atoms with van der Waals surface area (Å²) in [5.74, 6) is -0.228. The van der Waals surface area contributed by atoms with Crippen molar-refractivity contribution in [3.63, 3.8) is 0 Å². The van der Waals surface area contributed by atoms with Crippen LogP contribution < -0.4 is 5.73 Å². The second-order valence-electron chi connectivity index (χ2n) is 11.7. The lowest BCUT2D eigenvalue weighted by Crippen LogP contribution is -2.34. The summed E-state index contributed by atoms with van der Waals surface area (Å²) in [7, 11) is 0. The van der Waals surface area contributed by atoms with Gasteiger partial charge in [0.2, 0.25) is 0 Å². The Morgan fingerprint density at radius 2 is 1.95 bits per heavy atom. The molecule has 0 spiro atoms. The number of rotatable bonds is 4. The first-order valence-corrected chi connectivity index (χ1v) is 16.0. The van der Waals surface area contributed by atoms with E-state index in [0.717, 1.165) is 43.0 Å². The summed E-state index contributed by atoms with van der Waals surface area (Å²) in [6, 6.07) is 10.6. The molecule has 3 aliphatic heterocycles. The summed E-state index contributed by atoms with van der Waals surface area (Å²) in [4.78, 5) is 16.9. The molecule has 3 fully saturated rings. The van der Waals surface area contributed by atoms with E-state index < -0.39 is 18.7 Å². The van der Waals surface area contributed by atoms with Gasteiger partial charge in [-0.15, -0.1) is 0 Å². The fraction of sp³-hybridized carbons (Fsp3) is 0.485. The minimum absolute atomic E-state index is 0.00293. The van der Waals surface area contributed by atoms with Crippen molar-refractivity contribution in [3.05, 3.63) is 54.0 Å². The van der Waals surface area contributed by atoms with Gasteiger partial charge in [0, 0.05) is 43.0 Å². The van der Waals surface area contributed by atoms with E-state index in [0.29, 0.717) is 36.6 Å². The molecule has 0 saturated carbocycles. The number of thiol groups is 1. The van der Waals surface area contributed by atoms with E-state index in [-0.39, 0.29) is 28.7 Å². The molecule has 8 nitrogen and oxygen atoms in total. The Morgan fingerprint density at radius 1 is 1.18 bits per heavy atom. The normalized spacial score (nSPS) is 23.7. The topological polar surface area (TPSA) is 111 Å². The number of pyridine rings is 1. The summed E-state index contributed by atoms with van der Waals surface area (Å²) in [6.07, 6.45) is 8.41. The number of hydrogen-bond acceptors (Lipinski definition) is 8. The molecule has 0 bridgehead atoms. The van der Waals surface area contributed by atoms with Gasteiger partial charge in [-0.2, -0.15) is 12.6 Å². The number of amidine groups is 1. The summed E-state index contributed by atoms with van der Waals surface area (Å²) in [5, 5.41) is 21.2. The Kier molecular flexibility index (Phi) is 11.7. The molecule has 3 saturated heterocycles. The van der Waals surface area contributed by atoms with E-state index in [1.165, 1.54) is 25.1 Å². The second-order valence-corrected chi connectivity index (χ2v) is 11.7. The fourth-order valence-electron chi connectivity index (χ4n) is 6.63. The predicted octanol–water partition coefficient (Wildman–Crippen LogP) is 5.72. The number of fused-ring (bicyclic) bond motifs is 2. The first-order valence-electron chi connectivity index (χ1n) is 15.1. The zero-order chi connectivity index (χ0) is 31.9. The Balaban J connectivity index is 0.000000307. The van der Waals surface area contributed by atoms with Crippen LogP contribution in [0.4, 0.5) is 14.5 Å². The highest BCUT2D eigenvalue weighted by atomic mass is 32.1. The highest BCUT2D eigenvalue weighted by Gasteiger charge is 2.44. The number of hydrogen-bond donors (Lipinski definition) is 4. The molecule has 1 aromatic heterocycles. The number of alkyl halides is 1. The van der Waals surface area contributed by atoms with Crippen LogP contribution in [0.25, 0.3) is 22.0 Å². The maximum atomic E-state index is 15.8. The molecule has 238 valence electrons. The molecule has 2 unspecified atom stereocenters. The molecular weight excluding hydrogens is 582 g/mol. The Hall–Kier alpha value is -3.12. The molecule has 4 heterocycles. The van der Waals surface area contributed by atoms with Crippen LogP contribution in [0.5, 0.6) is 5.75 Å². The van der Waals surface area contributed by atoms with Crippen molar-refractivity contribution in [2.75, 3.05) is 39.2 Å². The molecule has 3 aliphatic rings. The standard InChI is InChI=1S/C24H26FN5O2.C8H14FN.CH4S/c1-27-22-20(24(29-14-31)30-9-4-6-16(26)8-10-30)13-28-23(21(22)25)19-12-17(32)11-15-5-2-3-7-18(15)19;1-8-3-2-4-10(8)6-7(9)5-8;1-2/h2-3,5,7,11-13,16,31-32H,1,4,6,8-10,14,26H2;7H,2-6H2,1H3;2H,1H3/b29-24+;;/t;7?,8-;/m.0./s1. The van der Waals surface area contributed by atoms with Crippen molar-refractivity contribution >= 4 is 41.6 Å². The number of likely N-dealkylation sites (tertiary alicyclic amines) is 1. The zero-order valence-corrected chi connectivity index (χ0v) is 26.5. The number of aliphatic imine (C=N–C) groups is 2. The predicted molar refractivity (Wildman–Crippen MR) is 179 cm³/mol. The van der Waals surface area contributed by atoms with Crippen molar-refractivity contribution in [1.29, 1.82) is 0 Å². The Labute approximate surface area is 264 Å². The van der Waals surface area contributed by atoms with Crippen LogP contribution in [0, 0.1) is 5.82 Å². The molecule has 0 amide bonds. The minimum Gasteiger partial charge on any atom is -0.508 e. The molecule has 2 aromatic carbocycles. The number of aliphatic hydroxyl groups is 1. The summed E-state index contributed by atoms with van der Waals surface area (Å²) < 4.78 is 28.6. The van der Waals surface area contributed by atoms with E-state index in [1.807, 2.05) is 29.2 Å². The first kappa shape index (κ1) is 33.8. The lowest BCUT2D eigenvalue weighted by molar-refractivity contribution is 0.217. The van der Waals surface area contributed by atoms with Crippen LogP contribution in [-0.2, 0) is 0 Å². The van der Waals surface area contributed by atoms with Crippen LogP contribution in [0.15, 0.2) is 52.6 Å². The van der Waals surface area contributed by atoms with Crippen LogP contribution >= 0.6 is 12.6 Å². The maximum Gasteiger partial charge on any atom is 0.175 e. The molecule has 3 atom stereocenters. The smallest absolute Gasteiger partial charge is 0.175 e. The van der Waals surface area contributed by atoms with Gasteiger partial charge in [-0.1, -0.05) is 24.3 Å². The van der Waals surface area contributed by atoms with Gasteiger partial charge in [0.15, 0.2) is 5.82 Å². The average molecular weight is 627 g/mol. The van der Waals surface area contributed by atoms with Gasteiger partial charge in [-0.05, 0) is 87.9 Å². The quantitative estimate of drug-likeness (QED) is 0.168. The number of aromatic nitrogens is 1. The molecule has 44 heavy (non-hydrogen) atoms. The van der Waals surface area contributed by atoms with Gasteiger partial charge >= 0.3 is 0 Å². The maximum absolute atomic E-state index is 15.8. The van der Waals surface area contributed by atoms with E-state index in [4.69, 9.17) is 5.73 Å². The van der Waals surface area contributed by atoms with Crippen molar-refractivity contribution in [3.8, 4) is 17.0 Å². The van der Waals surface area contributed by atoms with Crippen LogP contribution in [0.3, 0.4) is 0 Å². The number of aliphatic hydroxyl groups excluding tert-OH is 1. The van der Waals surface area contributed by atoms with Gasteiger partial charge in [0.25, 0.3) is 0 Å². The third kappa shape index (κ3) is 7.39.